The van der Waals surface area contributed by atoms with Crippen LogP contribution >= 0.6 is 11.6 Å². The van der Waals surface area contributed by atoms with Crippen molar-refractivity contribution in [3.05, 3.63) is 58.6 Å². The number of carbonyl (C=O) groups excluding carboxylic acids is 2. The zero-order chi connectivity index (χ0) is 18.9. The minimum atomic E-state index is -0.618. The second-order valence-corrected chi connectivity index (χ2v) is 5.71. The number of esters is 1. The van der Waals surface area contributed by atoms with Gasteiger partial charge in [0.2, 0.25) is 0 Å². The maximum absolute atomic E-state index is 12.1. The second kappa shape index (κ2) is 9.68. The lowest BCUT2D eigenvalue weighted by Gasteiger charge is -2.11. The molecule has 2 aromatic carbocycles. The number of methoxy groups -OCH3 is 1. The zero-order valence-electron chi connectivity index (χ0n) is 14.6. The van der Waals surface area contributed by atoms with E-state index in [1.54, 1.807) is 36.4 Å². The summed E-state index contributed by atoms with van der Waals surface area (Å²) in [6.45, 7) is 2.28. The Morgan fingerprint density at radius 3 is 2.46 bits per heavy atom. The fourth-order valence-electron chi connectivity index (χ4n) is 2.14. The summed E-state index contributed by atoms with van der Waals surface area (Å²) in [6, 6.07) is 11.8. The van der Waals surface area contributed by atoms with Crippen molar-refractivity contribution < 1.29 is 23.8 Å². The van der Waals surface area contributed by atoms with E-state index in [4.69, 9.17) is 25.8 Å². The number of hydrogen-bond acceptors (Lipinski definition) is 5. The van der Waals surface area contributed by atoms with Crippen molar-refractivity contribution in [3.8, 4) is 11.5 Å². The van der Waals surface area contributed by atoms with Gasteiger partial charge in [-0.2, -0.15) is 0 Å². The lowest BCUT2D eigenvalue weighted by molar-refractivity contribution is -0.124. The van der Waals surface area contributed by atoms with Crippen LogP contribution in [0.25, 0.3) is 0 Å². The van der Waals surface area contributed by atoms with Gasteiger partial charge in [0.15, 0.2) is 18.1 Å². The first-order valence-corrected chi connectivity index (χ1v) is 8.40. The Kier molecular flexibility index (Phi) is 7.29. The van der Waals surface area contributed by atoms with Gasteiger partial charge in [-0.15, -0.1) is 0 Å². The summed E-state index contributed by atoms with van der Waals surface area (Å²) in [7, 11) is 1.48. The minimum Gasteiger partial charge on any atom is -0.493 e. The number of carbonyl (C=O) groups is 2. The third kappa shape index (κ3) is 5.67. The molecular weight excluding hydrogens is 358 g/mol. The Morgan fingerprint density at radius 2 is 1.81 bits per heavy atom. The SMILES string of the molecule is CCOc1ccc(C(=O)OCC(=O)NCc2ccc(Cl)cc2)cc1OC. The van der Waals surface area contributed by atoms with Gasteiger partial charge in [-0.1, -0.05) is 23.7 Å². The average Bonchev–Trinajstić information content (AvgIpc) is 2.66. The van der Waals surface area contributed by atoms with Crippen LogP contribution in [-0.2, 0) is 16.1 Å². The Bertz CT molecular complexity index is 761. The van der Waals surface area contributed by atoms with Crippen LogP contribution in [0.15, 0.2) is 42.5 Å². The fraction of sp³-hybridized carbons (Fsp3) is 0.263. The first-order valence-electron chi connectivity index (χ1n) is 8.02. The maximum atomic E-state index is 12.1. The molecule has 26 heavy (non-hydrogen) atoms. The van der Waals surface area contributed by atoms with Gasteiger partial charge in [-0.3, -0.25) is 4.79 Å². The van der Waals surface area contributed by atoms with Crippen LogP contribution in [0, 0.1) is 0 Å². The highest BCUT2D eigenvalue weighted by Gasteiger charge is 2.14. The van der Waals surface area contributed by atoms with E-state index in [9.17, 15) is 9.59 Å². The van der Waals surface area contributed by atoms with Crippen LogP contribution < -0.4 is 14.8 Å². The topological polar surface area (TPSA) is 73.9 Å². The van der Waals surface area contributed by atoms with E-state index in [-0.39, 0.29) is 12.2 Å². The molecule has 0 saturated carbocycles. The first-order chi connectivity index (χ1) is 12.5. The van der Waals surface area contributed by atoms with Crippen LogP contribution in [-0.4, -0.2) is 32.2 Å². The number of rotatable bonds is 8. The van der Waals surface area contributed by atoms with Gasteiger partial charge in [-0.25, -0.2) is 4.79 Å². The Hall–Kier alpha value is -2.73. The molecule has 0 saturated heterocycles. The molecule has 2 rings (SSSR count). The molecule has 138 valence electrons. The van der Waals surface area contributed by atoms with Gasteiger partial charge in [0.25, 0.3) is 5.91 Å². The highest BCUT2D eigenvalue weighted by molar-refractivity contribution is 6.30. The highest BCUT2D eigenvalue weighted by atomic mass is 35.5. The van der Waals surface area contributed by atoms with E-state index < -0.39 is 11.9 Å². The van der Waals surface area contributed by atoms with Crippen LogP contribution in [0.1, 0.15) is 22.8 Å². The van der Waals surface area contributed by atoms with Crippen molar-refractivity contribution in [2.24, 2.45) is 0 Å². The summed E-state index contributed by atoms with van der Waals surface area (Å²) in [5.41, 5.74) is 1.17. The van der Waals surface area contributed by atoms with Gasteiger partial charge in [-0.05, 0) is 42.8 Å². The lowest BCUT2D eigenvalue weighted by Crippen LogP contribution is -2.28. The predicted octanol–water partition coefficient (Wildman–Crippen LogP) is 3.22. The molecule has 0 aromatic heterocycles. The van der Waals surface area contributed by atoms with Crippen molar-refractivity contribution in [2.75, 3.05) is 20.3 Å². The van der Waals surface area contributed by atoms with E-state index in [1.165, 1.54) is 13.2 Å². The maximum Gasteiger partial charge on any atom is 0.338 e. The number of benzene rings is 2. The number of nitrogens with one attached hydrogen (secondary N) is 1. The summed E-state index contributed by atoms with van der Waals surface area (Å²) in [5, 5.41) is 3.29. The zero-order valence-corrected chi connectivity index (χ0v) is 15.3. The molecule has 2 aromatic rings. The van der Waals surface area contributed by atoms with Crippen molar-refractivity contribution in [2.45, 2.75) is 13.5 Å². The molecule has 6 nitrogen and oxygen atoms in total. The number of halogens is 1. The molecule has 0 aliphatic carbocycles. The summed E-state index contributed by atoms with van der Waals surface area (Å²) < 4.78 is 15.6. The smallest absolute Gasteiger partial charge is 0.338 e. The van der Waals surface area contributed by atoms with Crippen molar-refractivity contribution in [1.82, 2.24) is 5.32 Å². The molecule has 7 heteroatoms. The van der Waals surface area contributed by atoms with Crippen LogP contribution in [0.5, 0.6) is 11.5 Å². The van der Waals surface area contributed by atoms with Crippen LogP contribution in [0.2, 0.25) is 5.02 Å². The molecule has 0 radical (unpaired) electrons. The van der Waals surface area contributed by atoms with E-state index in [0.717, 1.165) is 5.56 Å². The number of hydrogen-bond donors (Lipinski definition) is 1. The van der Waals surface area contributed by atoms with E-state index in [1.807, 2.05) is 6.92 Å². The predicted molar refractivity (Wildman–Crippen MR) is 97.7 cm³/mol. The summed E-state index contributed by atoms with van der Waals surface area (Å²) in [4.78, 5) is 23.9. The number of amides is 1. The Morgan fingerprint density at radius 1 is 1.08 bits per heavy atom. The Labute approximate surface area is 157 Å². The van der Waals surface area contributed by atoms with Gasteiger partial charge in [0.05, 0.1) is 19.3 Å². The summed E-state index contributed by atoms with van der Waals surface area (Å²) in [6.07, 6.45) is 0. The molecule has 0 aliphatic rings. The normalized spacial score (nSPS) is 10.1. The molecule has 0 aliphatic heterocycles. The van der Waals surface area contributed by atoms with Gasteiger partial charge >= 0.3 is 5.97 Å². The quantitative estimate of drug-likeness (QED) is 0.715. The number of ether oxygens (including phenoxy) is 3. The van der Waals surface area contributed by atoms with Gasteiger partial charge < -0.3 is 19.5 Å². The van der Waals surface area contributed by atoms with Crippen LogP contribution in [0.3, 0.4) is 0 Å². The van der Waals surface area contributed by atoms with Crippen molar-refractivity contribution in [3.63, 3.8) is 0 Å². The molecule has 0 heterocycles. The van der Waals surface area contributed by atoms with E-state index in [2.05, 4.69) is 5.32 Å². The van der Waals surface area contributed by atoms with Gasteiger partial charge in [0.1, 0.15) is 0 Å². The molecule has 0 unspecified atom stereocenters. The third-order valence-electron chi connectivity index (χ3n) is 3.44. The molecule has 0 atom stereocenters. The fourth-order valence-corrected chi connectivity index (χ4v) is 2.26. The monoisotopic (exact) mass is 377 g/mol. The molecule has 0 fully saturated rings. The van der Waals surface area contributed by atoms with Crippen LogP contribution in [0.4, 0.5) is 0 Å². The van der Waals surface area contributed by atoms with E-state index >= 15 is 0 Å². The summed E-state index contributed by atoms with van der Waals surface area (Å²) >= 11 is 5.80. The largest absolute Gasteiger partial charge is 0.493 e. The van der Waals surface area contributed by atoms with Crippen molar-refractivity contribution in [1.29, 1.82) is 0 Å². The van der Waals surface area contributed by atoms with E-state index in [0.29, 0.717) is 29.7 Å². The molecule has 1 N–H and O–H groups in total. The molecule has 1 amide bonds. The molecule has 0 spiro atoms. The van der Waals surface area contributed by atoms with Gasteiger partial charge in [0, 0.05) is 11.6 Å². The average molecular weight is 378 g/mol. The molecular formula is C19H20ClNO5. The Balaban J connectivity index is 1.85. The third-order valence-corrected chi connectivity index (χ3v) is 3.69. The standard InChI is InChI=1S/C19H20ClNO5/c1-3-25-16-9-6-14(10-17(16)24-2)19(23)26-12-18(22)21-11-13-4-7-15(20)8-5-13/h4-10H,3,11-12H2,1-2H3,(H,21,22). The second-order valence-electron chi connectivity index (χ2n) is 5.28. The highest BCUT2D eigenvalue weighted by Crippen LogP contribution is 2.28. The first kappa shape index (κ1) is 19.6. The minimum absolute atomic E-state index is 0.274. The van der Waals surface area contributed by atoms with Crippen molar-refractivity contribution >= 4 is 23.5 Å². The summed E-state index contributed by atoms with van der Waals surface area (Å²) in [5.74, 6) is -0.0556. The molecule has 0 bridgehead atoms. The lowest BCUT2D eigenvalue weighted by atomic mass is 10.2.